The standard InChI is InChI=1S/C24H39N7O/c1-19-22(20(2)31(6)28-19)14-10-15-25-24(27-18-23(32)29(3)4)26-16-11-17-30(5)21-12-8-7-9-13-21/h7-9,12-13H,10-11,14-18H2,1-6H3,(H2,25,26,27). The van der Waals surface area contributed by atoms with Gasteiger partial charge in [-0.2, -0.15) is 5.10 Å². The molecule has 0 radical (unpaired) electrons. The van der Waals surface area contributed by atoms with E-state index in [9.17, 15) is 4.79 Å². The highest BCUT2D eigenvalue weighted by atomic mass is 16.2. The van der Waals surface area contributed by atoms with Crippen molar-refractivity contribution in [3.8, 4) is 0 Å². The fourth-order valence-corrected chi connectivity index (χ4v) is 3.45. The zero-order chi connectivity index (χ0) is 23.5. The number of benzene rings is 1. The van der Waals surface area contributed by atoms with E-state index in [4.69, 9.17) is 0 Å². The molecule has 0 aliphatic rings. The molecule has 1 amide bonds. The monoisotopic (exact) mass is 441 g/mol. The quantitative estimate of drug-likeness (QED) is 0.317. The molecular weight excluding hydrogens is 402 g/mol. The molecule has 2 N–H and O–H groups in total. The van der Waals surface area contributed by atoms with Crippen molar-refractivity contribution >= 4 is 17.6 Å². The predicted molar refractivity (Wildman–Crippen MR) is 132 cm³/mol. The third-order valence-corrected chi connectivity index (χ3v) is 5.59. The number of aliphatic imine (C=N–C) groups is 1. The van der Waals surface area contributed by atoms with Crippen LogP contribution in [0.3, 0.4) is 0 Å². The number of nitrogens with zero attached hydrogens (tertiary/aromatic N) is 5. The Hall–Kier alpha value is -3.03. The highest BCUT2D eigenvalue weighted by Gasteiger charge is 2.09. The fourth-order valence-electron chi connectivity index (χ4n) is 3.45. The SMILES string of the molecule is Cc1nn(C)c(C)c1CCCNC(=NCC(=O)N(C)C)NCCCN(C)c1ccccc1. The Bertz CT molecular complexity index is 874. The maximum atomic E-state index is 12.0. The number of hydrogen-bond acceptors (Lipinski definition) is 4. The van der Waals surface area contributed by atoms with Crippen LogP contribution in [0.2, 0.25) is 0 Å². The van der Waals surface area contributed by atoms with Gasteiger partial charge in [0.15, 0.2) is 5.96 Å². The summed E-state index contributed by atoms with van der Waals surface area (Å²) in [5.41, 5.74) is 4.83. The Balaban J connectivity index is 1.82. The summed E-state index contributed by atoms with van der Waals surface area (Å²) in [5.74, 6) is 0.665. The van der Waals surface area contributed by atoms with Gasteiger partial charge in [0.25, 0.3) is 0 Å². The zero-order valence-corrected chi connectivity index (χ0v) is 20.5. The first-order chi connectivity index (χ1) is 15.3. The Morgan fingerprint density at radius 3 is 2.31 bits per heavy atom. The molecule has 0 saturated carbocycles. The lowest BCUT2D eigenvalue weighted by molar-refractivity contribution is -0.127. The molecule has 0 bridgehead atoms. The van der Waals surface area contributed by atoms with Crippen molar-refractivity contribution in [2.24, 2.45) is 12.0 Å². The van der Waals surface area contributed by atoms with Crippen molar-refractivity contribution in [1.29, 1.82) is 0 Å². The Morgan fingerprint density at radius 1 is 1.06 bits per heavy atom. The average Bonchev–Trinajstić information content (AvgIpc) is 3.02. The average molecular weight is 442 g/mol. The summed E-state index contributed by atoms with van der Waals surface area (Å²) in [6.45, 7) is 6.78. The largest absolute Gasteiger partial charge is 0.375 e. The van der Waals surface area contributed by atoms with Crippen molar-refractivity contribution in [2.75, 3.05) is 52.2 Å². The van der Waals surface area contributed by atoms with E-state index < -0.39 is 0 Å². The van der Waals surface area contributed by atoms with Gasteiger partial charge in [0, 0.05) is 59.2 Å². The number of likely N-dealkylation sites (N-methyl/N-ethyl adjacent to an activating group) is 1. The summed E-state index contributed by atoms with van der Waals surface area (Å²) in [6, 6.07) is 10.4. The minimum absolute atomic E-state index is 0.0171. The van der Waals surface area contributed by atoms with Gasteiger partial charge in [-0.1, -0.05) is 18.2 Å². The third kappa shape index (κ3) is 7.90. The lowest BCUT2D eigenvalue weighted by Gasteiger charge is -2.20. The number of amides is 1. The van der Waals surface area contributed by atoms with Gasteiger partial charge >= 0.3 is 0 Å². The van der Waals surface area contributed by atoms with Crippen LogP contribution in [0.5, 0.6) is 0 Å². The van der Waals surface area contributed by atoms with Gasteiger partial charge in [-0.15, -0.1) is 0 Å². The molecule has 0 aliphatic heterocycles. The molecule has 176 valence electrons. The van der Waals surface area contributed by atoms with Crippen LogP contribution in [0.1, 0.15) is 29.8 Å². The van der Waals surface area contributed by atoms with Crippen molar-refractivity contribution in [3.05, 3.63) is 47.3 Å². The second-order valence-corrected chi connectivity index (χ2v) is 8.29. The number of nitrogens with one attached hydrogen (secondary N) is 2. The first-order valence-electron chi connectivity index (χ1n) is 11.3. The Labute approximate surface area is 192 Å². The molecule has 2 aromatic rings. The third-order valence-electron chi connectivity index (χ3n) is 5.59. The molecule has 0 atom stereocenters. The second-order valence-electron chi connectivity index (χ2n) is 8.29. The number of aromatic nitrogens is 2. The van der Waals surface area contributed by atoms with Crippen LogP contribution in [0.4, 0.5) is 5.69 Å². The van der Waals surface area contributed by atoms with Crippen molar-refractivity contribution in [1.82, 2.24) is 25.3 Å². The zero-order valence-electron chi connectivity index (χ0n) is 20.5. The molecule has 8 heteroatoms. The summed E-state index contributed by atoms with van der Waals surface area (Å²) in [5, 5.41) is 11.2. The summed E-state index contributed by atoms with van der Waals surface area (Å²) >= 11 is 0. The molecule has 32 heavy (non-hydrogen) atoms. The summed E-state index contributed by atoms with van der Waals surface area (Å²) in [4.78, 5) is 20.2. The molecule has 0 spiro atoms. The molecule has 0 unspecified atom stereocenters. The van der Waals surface area contributed by atoms with Crippen LogP contribution < -0.4 is 15.5 Å². The van der Waals surface area contributed by atoms with Crippen molar-refractivity contribution in [2.45, 2.75) is 33.1 Å². The molecule has 8 nitrogen and oxygen atoms in total. The number of carbonyl (C=O) groups excluding carboxylic acids is 1. The van der Waals surface area contributed by atoms with E-state index in [1.807, 2.05) is 17.8 Å². The number of para-hydroxylation sites is 1. The number of aryl methyl sites for hydroxylation is 2. The van der Waals surface area contributed by atoms with Gasteiger partial charge in [-0.25, -0.2) is 4.99 Å². The molecular formula is C24H39N7O. The maximum absolute atomic E-state index is 12.0. The Kier molecular flexibility index (Phi) is 10.0. The van der Waals surface area contributed by atoms with E-state index in [1.54, 1.807) is 19.0 Å². The van der Waals surface area contributed by atoms with Gasteiger partial charge < -0.3 is 20.4 Å². The minimum atomic E-state index is -0.0171. The molecule has 0 saturated heterocycles. The number of carbonyl (C=O) groups is 1. The summed E-state index contributed by atoms with van der Waals surface area (Å²) in [7, 11) is 7.57. The minimum Gasteiger partial charge on any atom is -0.375 e. The number of rotatable bonds is 11. The molecule has 1 aromatic carbocycles. The van der Waals surface area contributed by atoms with Gasteiger partial charge in [0.05, 0.1) is 5.69 Å². The first-order valence-corrected chi connectivity index (χ1v) is 11.3. The summed E-state index contributed by atoms with van der Waals surface area (Å²) in [6.07, 6.45) is 2.89. The number of anilines is 1. The summed E-state index contributed by atoms with van der Waals surface area (Å²) < 4.78 is 1.94. The molecule has 0 aliphatic carbocycles. The van der Waals surface area contributed by atoms with Crippen LogP contribution in [0.15, 0.2) is 35.3 Å². The van der Waals surface area contributed by atoms with E-state index in [1.165, 1.54) is 16.9 Å². The van der Waals surface area contributed by atoms with Crippen LogP contribution in [0, 0.1) is 13.8 Å². The van der Waals surface area contributed by atoms with Gasteiger partial charge in [0.1, 0.15) is 6.54 Å². The van der Waals surface area contributed by atoms with Crippen LogP contribution in [0.25, 0.3) is 0 Å². The number of guanidine groups is 1. The number of hydrogen-bond donors (Lipinski definition) is 2. The molecule has 2 rings (SSSR count). The molecule has 1 aromatic heterocycles. The second kappa shape index (κ2) is 12.7. The van der Waals surface area contributed by atoms with Crippen LogP contribution in [-0.2, 0) is 18.3 Å². The van der Waals surface area contributed by atoms with E-state index in [2.05, 4.69) is 70.8 Å². The molecule has 0 fully saturated rings. The van der Waals surface area contributed by atoms with Crippen molar-refractivity contribution in [3.63, 3.8) is 0 Å². The lowest BCUT2D eigenvalue weighted by atomic mass is 10.1. The maximum Gasteiger partial charge on any atom is 0.243 e. The van der Waals surface area contributed by atoms with Crippen LogP contribution >= 0.6 is 0 Å². The first kappa shape index (κ1) is 25.2. The fraction of sp³-hybridized carbons (Fsp3) is 0.542. The Morgan fingerprint density at radius 2 is 1.72 bits per heavy atom. The van der Waals surface area contributed by atoms with E-state index in [0.29, 0.717) is 5.96 Å². The lowest BCUT2D eigenvalue weighted by Crippen LogP contribution is -2.40. The predicted octanol–water partition coefficient (Wildman–Crippen LogP) is 2.12. The van der Waals surface area contributed by atoms with Gasteiger partial charge in [-0.3, -0.25) is 9.48 Å². The molecule has 1 heterocycles. The highest BCUT2D eigenvalue weighted by Crippen LogP contribution is 2.13. The topological polar surface area (TPSA) is 77.8 Å². The van der Waals surface area contributed by atoms with Gasteiger partial charge in [0.2, 0.25) is 5.91 Å². The van der Waals surface area contributed by atoms with E-state index in [-0.39, 0.29) is 12.5 Å². The normalized spacial score (nSPS) is 11.4. The van der Waals surface area contributed by atoms with Crippen molar-refractivity contribution < 1.29 is 4.79 Å². The smallest absolute Gasteiger partial charge is 0.243 e. The highest BCUT2D eigenvalue weighted by molar-refractivity contribution is 5.84. The van der Waals surface area contributed by atoms with Gasteiger partial charge in [-0.05, 0) is 50.8 Å². The van der Waals surface area contributed by atoms with Crippen LogP contribution in [-0.4, -0.2) is 73.9 Å². The van der Waals surface area contributed by atoms with E-state index in [0.717, 1.165) is 44.6 Å². The van der Waals surface area contributed by atoms with E-state index >= 15 is 0 Å².